The maximum absolute atomic E-state index is 11.6. The lowest BCUT2D eigenvalue weighted by molar-refractivity contribution is -0.117. The van der Waals surface area contributed by atoms with Gasteiger partial charge >= 0.3 is 0 Å². The van der Waals surface area contributed by atoms with E-state index in [4.69, 9.17) is 0 Å². The van der Waals surface area contributed by atoms with Crippen LogP contribution >= 0.6 is 0 Å². The van der Waals surface area contributed by atoms with Crippen LogP contribution in [0.4, 0.5) is 0 Å². The first-order valence-corrected chi connectivity index (χ1v) is 6.78. The number of nitrogens with zero attached hydrogens (tertiary/aromatic N) is 1. The number of nitrogens with one attached hydrogen (secondary N) is 2. The highest BCUT2D eigenvalue weighted by Gasteiger charge is 2.01. The molecule has 2 N–H and O–H groups in total. The first-order chi connectivity index (χ1) is 9.24. The molecule has 0 fully saturated rings. The fourth-order valence-corrected chi connectivity index (χ4v) is 1.69. The third kappa shape index (κ3) is 6.72. The summed E-state index contributed by atoms with van der Waals surface area (Å²) < 4.78 is 0. The molecular formula is C15H23N3O. The number of pyridine rings is 1. The van der Waals surface area contributed by atoms with Gasteiger partial charge in [0.15, 0.2) is 0 Å². The van der Waals surface area contributed by atoms with Crippen LogP contribution in [0.5, 0.6) is 0 Å². The van der Waals surface area contributed by atoms with Crippen LogP contribution in [0.2, 0.25) is 0 Å². The summed E-state index contributed by atoms with van der Waals surface area (Å²) in [5.74, 6) is 0.0362. The van der Waals surface area contributed by atoms with E-state index in [0.29, 0.717) is 6.54 Å². The number of aromatic nitrogens is 1. The minimum Gasteiger partial charge on any atom is -0.352 e. The molecule has 0 atom stereocenters. The van der Waals surface area contributed by atoms with E-state index in [-0.39, 0.29) is 5.91 Å². The lowest BCUT2D eigenvalue weighted by Crippen LogP contribution is -2.27. The number of carbonyl (C=O) groups excluding carboxylic acids is 1. The predicted octanol–water partition coefficient (Wildman–Crippen LogP) is 2.03. The van der Waals surface area contributed by atoms with Crippen molar-refractivity contribution in [3.8, 4) is 0 Å². The minimum absolute atomic E-state index is 0.0362. The van der Waals surface area contributed by atoms with E-state index in [1.165, 1.54) is 5.56 Å². The highest BCUT2D eigenvalue weighted by Crippen LogP contribution is 1.95. The van der Waals surface area contributed by atoms with Gasteiger partial charge in [-0.1, -0.05) is 19.1 Å². The Balaban J connectivity index is 2.06. The summed E-state index contributed by atoms with van der Waals surface area (Å²) in [7, 11) is 0. The zero-order valence-corrected chi connectivity index (χ0v) is 11.8. The summed E-state index contributed by atoms with van der Waals surface area (Å²) in [5.41, 5.74) is 1.97. The highest BCUT2D eigenvalue weighted by atomic mass is 16.1. The fraction of sp³-hybridized carbons (Fsp3) is 0.467. The molecule has 0 bridgehead atoms. The molecule has 1 aromatic heterocycles. The van der Waals surface area contributed by atoms with E-state index >= 15 is 0 Å². The van der Waals surface area contributed by atoms with E-state index in [9.17, 15) is 4.79 Å². The van der Waals surface area contributed by atoms with E-state index in [1.807, 2.05) is 38.3 Å². The Labute approximate surface area is 115 Å². The molecule has 0 saturated carbocycles. The minimum atomic E-state index is 0.0362. The van der Waals surface area contributed by atoms with Crippen LogP contribution < -0.4 is 10.6 Å². The van der Waals surface area contributed by atoms with Crippen molar-refractivity contribution >= 4 is 5.91 Å². The molecule has 0 spiro atoms. The average Bonchev–Trinajstić information content (AvgIpc) is 2.43. The topological polar surface area (TPSA) is 54.0 Å². The van der Waals surface area contributed by atoms with Crippen molar-refractivity contribution < 1.29 is 4.79 Å². The van der Waals surface area contributed by atoms with E-state index < -0.39 is 0 Å². The Bertz CT molecular complexity index is 401. The van der Waals surface area contributed by atoms with Crippen LogP contribution in [-0.2, 0) is 11.3 Å². The van der Waals surface area contributed by atoms with Crippen molar-refractivity contribution in [1.29, 1.82) is 0 Å². The monoisotopic (exact) mass is 261 g/mol. The Morgan fingerprint density at radius 1 is 1.42 bits per heavy atom. The molecule has 0 aromatic carbocycles. The van der Waals surface area contributed by atoms with Gasteiger partial charge in [-0.2, -0.15) is 0 Å². The number of carbonyl (C=O) groups is 1. The third-order valence-corrected chi connectivity index (χ3v) is 2.74. The van der Waals surface area contributed by atoms with Crippen LogP contribution in [0, 0.1) is 0 Å². The van der Waals surface area contributed by atoms with Crippen molar-refractivity contribution in [3.63, 3.8) is 0 Å². The van der Waals surface area contributed by atoms with Gasteiger partial charge in [-0.25, -0.2) is 0 Å². The molecule has 0 unspecified atom stereocenters. The number of rotatable bonds is 8. The van der Waals surface area contributed by atoms with Gasteiger partial charge in [0, 0.05) is 31.1 Å². The van der Waals surface area contributed by atoms with E-state index in [1.54, 1.807) is 6.20 Å². The number of hydrogen-bond acceptors (Lipinski definition) is 3. The third-order valence-electron chi connectivity index (χ3n) is 2.74. The SMILES string of the molecule is CC/C=C(\C)C(=O)NCCCNCc1cccnc1. The smallest absolute Gasteiger partial charge is 0.246 e. The Hall–Kier alpha value is -1.68. The molecule has 19 heavy (non-hydrogen) atoms. The number of allylic oxidation sites excluding steroid dienone is 1. The summed E-state index contributed by atoms with van der Waals surface area (Å²) in [6.45, 7) is 6.27. The number of amides is 1. The van der Waals surface area contributed by atoms with E-state index in [0.717, 1.165) is 31.5 Å². The van der Waals surface area contributed by atoms with Gasteiger partial charge in [-0.15, -0.1) is 0 Å². The fourth-order valence-electron chi connectivity index (χ4n) is 1.69. The zero-order chi connectivity index (χ0) is 13.9. The van der Waals surface area contributed by atoms with Crippen molar-refractivity contribution in [2.24, 2.45) is 0 Å². The second-order valence-electron chi connectivity index (χ2n) is 4.44. The lowest BCUT2D eigenvalue weighted by atomic mass is 10.2. The van der Waals surface area contributed by atoms with Gasteiger partial charge in [0.2, 0.25) is 5.91 Å². The maximum atomic E-state index is 11.6. The molecule has 1 rings (SSSR count). The summed E-state index contributed by atoms with van der Waals surface area (Å²) in [5, 5.41) is 6.23. The van der Waals surface area contributed by atoms with Crippen LogP contribution in [0.15, 0.2) is 36.2 Å². The molecule has 4 nitrogen and oxygen atoms in total. The molecule has 1 aromatic rings. The van der Waals surface area contributed by atoms with Gasteiger partial charge in [-0.05, 0) is 37.9 Å². The van der Waals surface area contributed by atoms with Crippen molar-refractivity contribution in [3.05, 3.63) is 41.7 Å². The molecule has 4 heteroatoms. The van der Waals surface area contributed by atoms with Crippen LogP contribution in [-0.4, -0.2) is 24.0 Å². The largest absolute Gasteiger partial charge is 0.352 e. The van der Waals surface area contributed by atoms with Gasteiger partial charge in [0.05, 0.1) is 0 Å². The van der Waals surface area contributed by atoms with Crippen LogP contribution in [0.1, 0.15) is 32.3 Å². The molecule has 0 aliphatic rings. The molecule has 0 radical (unpaired) electrons. The average molecular weight is 261 g/mol. The molecule has 104 valence electrons. The predicted molar refractivity (Wildman–Crippen MR) is 77.6 cm³/mol. The number of hydrogen-bond donors (Lipinski definition) is 2. The Morgan fingerprint density at radius 3 is 2.95 bits per heavy atom. The zero-order valence-electron chi connectivity index (χ0n) is 11.8. The van der Waals surface area contributed by atoms with Crippen LogP contribution in [0.25, 0.3) is 0 Å². The van der Waals surface area contributed by atoms with Crippen molar-refractivity contribution in [2.45, 2.75) is 33.2 Å². The van der Waals surface area contributed by atoms with E-state index in [2.05, 4.69) is 15.6 Å². The first-order valence-electron chi connectivity index (χ1n) is 6.78. The molecule has 1 heterocycles. The molecule has 0 aliphatic carbocycles. The molecule has 0 aliphatic heterocycles. The molecular weight excluding hydrogens is 238 g/mol. The summed E-state index contributed by atoms with van der Waals surface area (Å²) in [6, 6.07) is 3.97. The molecule has 1 amide bonds. The van der Waals surface area contributed by atoms with Crippen LogP contribution in [0.3, 0.4) is 0 Å². The lowest BCUT2D eigenvalue weighted by Gasteiger charge is -2.06. The summed E-state index contributed by atoms with van der Waals surface area (Å²) in [6.07, 6.45) is 7.38. The second kappa shape index (κ2) is 9.28. The summed E-state index contributed by atoms with van der Waals surface area (Å²) in [4.78, 5) is 15.6. The van der Waals surface area contributed by atoms with Gasteiger partial charge in [-0.3, -0.25) is 9.78 Å². The standard InChI is InChI=1S/C15H23N3O/c1-3-6-13(2)15(19)18-10-5-9-17-12-14-7-4-8-16-11-14/h4,6-8,11,17H,3,5,9-10,12H2,1-2H3,(H,18,19)/b13-6+. The quantitative estimate of drug-likeness (QED) is 0.556. The Kier molecular flexibility index (Phi) is 7.51. The van der Waals surface area contributed by atoms with Gasteiger partial charge in [0.25, 0.3) is 0 Å². The first kappa shape index (κ1) is 15.4. The van der Waals surface area contributed by atoms with Crippen molar-refractivity contribution in [2.75, 3.05) is 13.1 Å². The van der Waals surface area contributed by atoms with Crippen molar-refractivity contribution in [1.82, 2.24) is 15.6 Å². The Morgan fingerprint density at radius 2 is 2.26 bits per heavy atom. The normalized spacial score (nSPS) is 11.4. The second-order valence-corrected chi connectivity index (χ2v) is 4.44. The summed E-state index contributed by atoms with van der Waals surface area (Å²) >= 11 is 0. The van der Waals surface area contributed by atoms with Gasteiger partial charge < -0.3 is 10.6 Å². The molecule has 0 saturated heterocycles. The highest BCUT2D eigenvalue weighted by molar-refractivity contribution is 5.92. The maximum Gasteiger partial charge on any atom is 0.246 e. The van der Waals surface area contributed by atoms with Gasteiger partial charge in [0.1, 0.15) is 0 Å².